The molecule has 2 aliphatic rings. The van der Waals surface area contributed by atoms with Gasteiger partial charge in [-0.15, -0.1) is 0 Å². The Hall–Kier alpha value is -2.11. The van der Waals surface area contributed by atoms with Gasteiger partial charge in [-0.2, -0.15) is 0 Å². The zero-order chi connectivity index (χ0) is 16.9. The molecule has 0 aromatic heterocycles. The summed E-state index contributed by atoms with van der Waals surface area (Å²) in [5.74, 6) is 0.637. The molecule has 6 heteroatoms. The third-order valence-electron chi connectivity index (χ3n) is 4.22. The first-order valence-electron chi connectivity index (χ1n) is 8.62. The summed E-state index contributed by atoms with van der Waals surface area (Å²) in [5, 5.41) is 5.59. The van der Waals surface area contributed by atoms with E-state index in [2.05, 4.69) is 10.6 Å². The summed E-state index contributed by atoms with van der Waals surface area (Å²) >= 11 is 0. The predicted molar refractivity (Wildman–Crippen MR) is 88.2 cm³/mol. The van der Waals surface area contributed by atoms with Gasteiger partial charge in [-0.25, -0.2) is 4.39 Å². The second-order valence-corrected chi connectivity index (χ2v) is 6.61. The topological polar surface area (TPSA) is 67.4 Å². The van der Waals surface area contributed by atoms with Crippen LogP contribution in [0.2, 0.25) is 0 Å². The highest BCUT2D eigenvalue weighted by Gasteiger charge is 2.29. The van der Waals surface area contributed by atoms with Gasteiger partial charge < -0.3 is 15.4 Å². The Bertz CT molecular complexity index is 612. The Morgan fingerprint density at radius 1 is 1.21 bits per heavy atom. The third-order valence-corrected chi connectivity index (χ3v) is 4.22. The fourth-order valence-electron chi connectivity index (χ4n) is 2.37. The minimum Gasteiger partial charge on any atom is -0.491 e. The van der Waals surface area contributed by atoms with Crippen LogP contribution in [0.15, 0.2) is 18.2 Å². The first-order chi connectivity index (χ1) is 11.6. The van der Waals surface area contributed by atoms with Gasteiger partial charge in [0, 0.05) is 24.9 Å². The number of ether oxygens (including phenoxy) is 1. The fourth-order valence-corrected chi connectivity index (χ4v) is 2.37. The monoisotopic (exact) mass is 334 g/mol. The number of anilines is 1. The van der Waals surface area contributed by atoms with Crippen molar-refractivity contribution in [3.63, 3.8) is 0 Å². The molecule has 2 amide bonds. The highest BCUT2D eigenvalue weighted by atomic mass is 19.1. The summed E-state index contributed by atoms with van der Waals surface area (Å²) in [5.41, 5.74) is 0.490. The minimum absolute atomic E-state index is 0.0877. The van der Waals surface area contributed by atoms with E-state index >= 15 is 0 Å². The zero-order valence-corrected chi connectivity index (χ0v) is 13.6. The maximum atomic E-state index is 13.4. The molecule has 2 fully saturated rings. The van der Waals surface area contributed by atoms with E-state index in [0.29, 0.717) is 43.3 Å². The maximum Gasteiger partial charge on any atom is 0.224 e. The lowest BCUT2D eigenvalue weighted by Gasteiger charge is -2.12. The molecule has 3 rings (SSSR count). The van der Waals surface area contributed by atoms with E-state index in [0.717, 1.165) is 25.7 Å². The molecule has 0 bridgehead atoms. The van der Waals surface area contributed by atoms with Crippen LogP contribution < -0.4 is 15.4 Å². The molecule has 1 aromatic rings. The molecule has 2 saturated carbocycles. The zero-order valence-electron chi connectivity index (χ0n) is 13.6. The number of halogens is 1. The quantitative estimate of drug-likeness (QED) is 0.683. The van der Waals surface area contributed by atoms with Crippen LogP contribution in [0.1, 0.15) is 38.5 Å². The summed E-state index contributed by atoms with van der Waals surface area (Å²) in [6.45, 7) is 1.05. The molecule has 0 unspecified atom stereocenters. The van der Waals surface area contributed by atoms with Gasteiger partial charge in [0.15, 0.2) is 0 Å². The van der Waals surface area contributed by atoms with Crippen molar-refractivity contribution in [2.45, 2.75) is 38.5 Å². The molecular formula is C18H23FN2O3. The SMILES string of the molecule is O=C(CCCNC(=O)C1CC1)Nc1ccc(F)cc1OCC1CC1. The summed E-state index contributed by atoms with van der Waals surface area (Å²) < 4.78 is 19.0. The van der Waals surface area contributed by atoms with Crippen LogP contribution in [0, 0.1) is 17.7 Å². The van der Waals surface area contributed by atoms with E-state index in [1.807, 2.05) is 0 Å². The van der Waals surface area contributed by atoms with E-state index in [-0.39, 0.29) is 23.5 Å². The van der Waals surface area contributed by atoms with Crippen molar-refractivity contribution in [1.29, 1.82) is 0 Å². The molecule has 24 heavy (non-hydrogen) atoms. The Kier molecular flexibility index (Phi) is 5.33. The van der Waals surface area contributed by atoms with Crippen molar-refractivity contribution in [2.24, 2.45) is 11.8 Å². The number of benzene rings is 1. The van der Waals surface area contributed by atoms with Crippen molar-refractivity contribution in [2.75, 3.05) is 18.5 Å². The number of carbonyl (C=O) groups is 2. The molecule has 0 spiro atoms. The van der Waals surface area contributed by atoms with Crippen molar-refractivity contribution >= 4 is 17.5 Å². The average Bonchev–Trinajstić information content (AvgIpc) is 3.44. The lowest BCUT2D eigenvalue weighted by molar-refractivity contribution is -0.122. The van der Waals surface area contributed by atoms with E-state index in [4.69, 9.17) is 4.74 Å². The smallest absolute Gasteiger partial charge is 0.224 e. The molecule has 0 saturated heterocycles. The largest absolute Gasteiger partial charge is 0.491 e. The minimum atomic E-state index is -0.387. The third kappa shape index (κ3) is 5.22. The second kappa shape index (κ2) is 7.64. The predicted octanol–water partition coefficient (Wildman–Crippen LogP) is 2.86. The highest BCUT2D eigenvalue weighted by Crippen LogP contribution is 2.32. The molecular weight excluding hydrogens is 311 g/mol. The molecule has 1 aromatic carbocycles. The normalized spacial score (nSPS) is 16.5. The highest BCUT2D eigenvalue weighted by molar-refractivity contribution is 5.92. The van der Waals surface area contributed by atoms with Gasteiger partial charge in [0.05, 0.1) is 12.3 Å². The van der Waals surface area contributed by atoms with E-state index in [1.165, 1.54) is 18.2 Å². The fraction of sp³-hybridized carbons (Fsp3) is 0.556. The summed E-state index contributed by atoms with van der Waals surface area (Å²) in [4.78, 5) is 23.5. The summed E-state index contributed by atoms with van der Waals surface area (Å²) in [7, 11) is 0. The van der Waals surface area contributed by atoms with Gasteiger partial charge in [0.25, 0.3) is 0 Å². The Morgan fingerprint density at radius 2 is 2.00 bits per heavy atom. The van der Waals surface area contributed by atoms with E-state index < -0.39 is 0 Å². The lowest BCUT2D eigenvalue weighted by Crippen LogP contribution is -2.26. The molecule has 2 N–H and O–H groups in total. The number of hydrogen-bond donors (Lipinski definition) is 2. The van der Waals surface area contributed by atoms with Crippen LogP contribution in [0.5, 0.6) is 5.75 Å². The Balaban J connectivity index is 1.43. The van der Waals surface area contributed by atoms with Crippen LogP contribution in [-0.4, -0.2) is 25.0 Å². The van der Waals surface area contributed by atoms with Crippen LogP contribution in [0.4, 0.5) is 10.1 Å². The summed E-state index contributed by atoms with van der Waals surface area (Å²) in [6.07, 6.45) is 5.10. The molecule has 130 valence electrons. The first-order valence-corrected chi connectivity index (χ1v) is 8.62. The molecule has 0 aliphatic heterocycles. The molecule has 5 nitrogen and oxygen atoms in total. The van der Waals surface area contributed by atoms with Gasteiger partial charge in [0.2, 0.25) is 11.8 Å². The van der Waals surface area contributed by atoms with E-state index in [9.17, 15) is 14.0 Å². The Morgan fingerprint density at radius 3 is 2.71 bits per heavy atom. The van der Waals surface area contributed by atoms with Crippen molar-refractivity contribution < 1.29 is 18.7 Å². The van der Waals surface area contributed by atoms with Crippen molar-refractivity contribution in [3.8, 4) is 5.75 Å². The molecule has 0 atom stereocenters. The first kappa shape index (κ1) is 16.7. The standard InChI is InChI=1S/C18H23FN2O3/c19-14-7-8-15(16(10-14)24-11-12-3-4-12)21-17(22)2-1-9-20-18(23)13-5-6-13/h7-8,10,12-13H,1-6,9,11H2,(H,20,23)(H,21,22). The molecule has 0 heterocycles. The lowest BCUT2D eigenvalue weighted by atomic mass is 10.2. The number of amides is 2. The molecule has 0 radical (unpaired) electrons. The number of rotatable bonds is 9. The van der Waals surface area contributed by atoms with Crippen LogP contribution in [0.3, 0.4) is 0 Å². The number of hydrogen-bond acceptors (Lipinski definition) is 3. The van der Waals surface area contributed by atoms with Crippen LogP contribution in [0.25, 0.3) is 0 Å². The van der Waals surface area contributed by atoms with E-state index in [1.54, 1.807) is 0 Å². The second-order valence-electron chi connectivity index (χ2n) is 6.61. The Labute approximate surface area is 141 Å². The number of carbonyl (C=O) groups excluding carboxylic acids is 2. The average molecular weight is 334 g/mol. The number of nitrogens with one attached hydrogen (secondary N) is 2. The maximum absolute atomic E-state index is 13.4. The summed E-state index contributed by atoms with van der Waals surface area (Å²) in [6, 6.07) is 4.12. The molecule has 2 aliphatic carbocycles. The van der Waals surface area contributed by atoms with Gasteiger partial charge in [-0.05, 0) is 50.2 Å². The van der Waals surface area contributed by atoms with Crippen molar-refractivity contribution in [1.82, 2.24) is 5.32 Å². The van der Waals surface area contributed by atoms with Gasteiger partial charge in [-0.3, -0.25) is 9.59 Å². The van der Waals surface area contributed by atoms with Crippen LogP contribution in [-0.2, 0) is 9.59 Å². The van der Waals surface area contributed by atoms with Crippen LogP contribution >= 0.6 is 0 Å². The van der Waals surface area contributed by atoms with Gasteiger partial charge in [-0.1, -0.05) is 0 Å². The van der Waals surface area contributed by atoms with Gasteiger partial charge >= 0.3 is 0 Å². The van der Waals surface area contributed by atoms with Crippen molar-refractivity contribution in [3.05, 3.63) is 24.0 Å². The van der Waals surface area contributed by atoms with Gasteiger partial charge in [0.1, 0.15) is 11.6 Å².